The van der Waals surface area contributed by atoms with Crippen LogP contribution in [-0.4, -0.2) is 23.9 Å². The molecule has 2 atom stereocenters. The van der Waals surface area contributed by atoms with Gasteiger partial charge in [0.1, 0.15) is 0 Å². The molecule has 3 nitrogen and oxygen atoms in total. The Morgan fingerprint density at radius 2 is 1.50 bits per heavy atom. The third-order valence-electron chi connectivity index (χ3n) is 4.27. The van der Waals surface area contributed by atoms with Gasteiger partial charge in [0.05, 0.1) is 18.6 Å². The second kappa shape index (κ2) is 6.65. The molecule has 2 aromatic carbocycles. The van der Waals surface area contributed by atoms with Gasteiger partial charge in [-0.1, -0.05) is 60.7 Å². The van der Waals surface area contributed by atoms with E-state index in [1.165, 1.54) is 11.1 Å². The molecular formula is C19H23N3. The van der Waals surface area contributed by atoms with E-state index in [0.717, 1.165) is 19.0 Å². The molecule has 1 aliphatic heterocycles. The van der Waals surface area contributed by atoms with Crippen LogP contribution in [0.4, 0.5) is 0 Å². The Labute approximate surface area is 132 Å². The summed E-state index contributed by atoms with van der Waals surface area (Å²) in [4.78, 5) is 7.02. The maximum atomic E-state index is 4.66. The first kappa shape index (κ1) is 14.6. The first-order valence-electron chi connectivity index (χ1n) is 7.93. The number of guanidine groups is 1. The van der Waals surface area contributed by atoms with E-state index in [-0.39, 0.29) is 6.04 Å². The van der Waals surface area contributed by atoms with Crippen molar-refractivity contribution in [2.24, 2.45) is 4.99 Å². The SMILES string of the molecule is C[C@@H](NC1=NCCN1[C@@H](C)c1ccccc1)c1ccccc1. The molecule has 1 N–H and O–H groups in total. The lowest BCUT2D eigenvalue weighted by molar-refractivity contribution is 0.352. The average molecular weight is 293 g/mol. The monoisotopic (exact) mass is 293 g/mol. The molecule has 0 saturated carbocycles. The van der Waals surface area contributed by atoms with Crippen LogP contribution in [0, 0.1) is 0 Å². The second-order valence-electron chi connectivity index (χ2n) is 5.76. The zero-order valence-electron chi connectivity index (χ0n) is 13.2. The molecule has 0 spiro atoms. The number of hydrogen-bond donors (Lipinski definition) is 1. The number of nitrogens with one attached hydrogen (secondary N) is 1. The maximum Gasteiger partial charge on any atom is 0.195 e. The lowest BCUT2D eigenvalue weighted by Gasteiger charge is -2.30. The van der Waals surface area contributed by atoms with Crippen molar-refractivity contribution in [3.63, 3.8) is 0 Å². The summed E-state index contributed by atoms with van der Waals surface area (Å²) < 4.78 is 0. The summed E-state index contributed by atoms with van der Waals surface area (Å²) in [5, 5.41) is 3.57. The molecule has 0 fully saturated rings. The minimum absolute atomic E-state index is 0.253. The number of hydrogen-bond acceptors (Lipinski definition) is 3. The van der Waals surface area contributed by atoms with E-state index in [1.54, 1.807) is 0 Å². The standard InChI is InChI=1S/C19H23N3/c1-15(17-9-5-3-6-10-17)21-19-20-13-14-22(19)16(2)18-11-7-4-8-12-18/h3-12,15-16H,13-14H2,1-2H3,(H,20,21)/t15-,16+/m1/s1. The summed E-state index contributed by atoms with van der Waals surface area (Å²) in [6.07, 6.45) is 0. The van der Waals surface area contributed by atoms with Gasteiger partial charge in [-0.2, -0.15) is 0 Å². The molecule has 114 valence electrons. The molecule has 0 unspecified atom stereocenters. The van der Waals surface area contributed by atoms with Crippen LogP contribution in [-0.2, 0) is 0 Å². The summed E-state index contributed by atoms with van der Waals surface area (Å²) >= 11 is 0. The first-order chi connectivity index (χ1) is 10.8. The minimum atomic E-state index is 0.253. The Bertz CT molecular complexity index is 622. The smallest absolute Gasteiger partial charge is 0.195 e. The van der Waals surface area contributed by atoms with E-state index in [0.29, 0.717) is 6.04 Å². The Morgan fingerprint density at radius 1 is 0.909 bits per heavy atom. The summed E-state index contributed by atoms with van der Waals surface area (Å²) in [7, 11) is 0. The maximum absolute atomic E-state index is 4.66. The number of rotatable bonds is 4. The molecule has 1 aliphatic rings. The fourth-order valence-corrected chi connectivity index (χ4v) is 2.90. The van der Waals surface area contributed by atoms with Gasteiger partial charge in [0, 0.05) is 6.54 Å². The average Bonchev–Trinajstić information content (AvgIpc) is 3.04. The van der Waals surface area contributed by atoms with Crippen molar-refractivity contribution in [1.82, 2.24) is 10.2 Å². The van der Waals surface area contributed by atoms with Crippen LogP contribution in [0.1, 0.15) is 37.1 Å². The molecule has 0 aromatic heterocycles. The van der Waals surface area contributed by atoms with Crippen LogP contribution >= 0.6 is 0 Å². The second-order valence-corrected chi connectivity index (χ2v) is 5.76. The fraction of sp³-hybridized carbons (Fsp3) is 0.316. The fourth-order valence-electron chi connectivity index (χ4n) is 2.90. The lowest BCUT2D eigenvalue weighted by Crippen LogP contribution is -2.41. The molecule has 3 rings (SSSR count). The van der Waals surface area contributed by atoms with Gasteiger partial charge in [0.25, 0.3) is 0 Å². The third-order valence-corrected chi connectivity index (χ3v) is 4.27. The highest BCUT2D eigenvalue weighted by atomic mass is 15.4. The molecule has 0 radical (unpaired) electrons. The molecule has 2 aromatic rings. The van der Waals surface area contributed by atoms with Crippen LogP contribution in [0.15, 0.2) is 65.7 Å². The summed E-state index contributed by atoms with van der Waals surface area (Å²) in [6, 6.07) is 21.7. The number of aliphatic imine (C=N–C) groups is 1. The van der Waals surface area contributed by atoms with E-state index >= 15 is 0 Å². The quantitative estimate of drug-likeness (QED) is 0.929. The minimum Gasteiger partial charge on any atom is -0.350 e. The summed E-state index contributed by atoms with van der Waals surface area (Å²) in [5.74, 6) is 1.01. The van der Waals surface area contributed by atoms with Crippen molar-refractivity contribution in [1.29, 1.82) is 0 Å². The van der Waals surface area contributed by atoms with Gasteiger partial charge in [-0.15, -0.1) is 0 Å². The van der Waals surface area contributed by atoms with Crippen molar-refractivity contribution in [2.75, 3.05) is 13.1 Å². The third kappa shape index (κ3) is 3.14. The van der Waals surface area contributed by atoms with Gasteiger partial charge >= 0.3 is 0 Å². The van der Waals surface area contributed by atoms with Crippen molar-refractivity contribution in [3.05, 3.63) is 71.8 Å². The molecule has 3 heteroatoms. The van der Waals surface area contributed by atoms with Gasteiger partial charge in [0.2, 0.25) is 0 Å². The molecule has 0 amide bonds. The summed E-state index contributed by atoms with van der Waals surface area (Å²) in [5.41, 5.74) is 2.61. The highest BCUT2D eigenvalue weighted by Crippen LogP contribution is 2.23. The highest BCUT2D eigenvalue weighted by Gasteiger charge is 2.24. The number of nitrogens with zero attached hydrogens (tertiary/aromatic N) is 2. The Balaban J connectivity index is 1.71. The van der Waals surface area contributed by atoms with Gasteiger partial charge in [0.15, 0.2) is 5.96 Å². The van der Waals surface area contributed by atoms with Gasteiger partial charge in [-0.25, -0.2) is 0 Å². The van der Waals surface area contributed by atoms with Crippen LogP contribution in [0.2, 0.25) is 0 Å². The van der Waals surface area contributed by atoms with Crippen molar-refractivity contribution in [2.45, 2.75) is 25.9 Å². The van der Waals surface area contributed by atoms with E-state index in [2.05, 4.69) is 83.7 Å². The Morgan fingerprint density at radius 3 is 2.14 bits per heavy atom. The van der Waals surface area contributed by atoms with E-state index in [9.17, 15) is 0 Å². The topological polar surface area (TPSA) is 27.6 Å². The van der Waals surface area contributed by atoms with Gasteiger partial charge in [-0.05, 0) is 25.0 Å². The van der Waals surface area contributed by atoms with Gasteiger partial charge < -0.3 is 10.2 Å². The zero-order valence-corrected chi connectivity index (χ0v) is 13.2. The molecule has 1 heterocycles. The molecule has 22 heavy (non-hydrogen) atoms. The zero-order chi connectivity index (χ0) is 15.4. The molecule has 0 aliphatic carbocycles. The largest absolute Gasteiger partial charge is 0.350 e. The van der Waals surface area contributed by atoms with E-state index in [4.69, 9.17) is 0 Å². The Hall–Kier alpha value is -2.29. The van der Waals surface area contributed by atoms with E-state index < -0.39 is 0 Å². The van der Waals surface area contributed by atoms with Crippen LogP contribution in [0.5, 0.6) is 0 Å². The van der Waals surface area contributed by atoms with Crippen LogP contribution in [0.3, 0.4) is 0 Å². The van der Waals surface area contributed by atoms with E-state index in [1.807, 2.05) is 6.07 Å². The normalized spacial score (nSPS) is 17.0. The van der Waals surface area contributed by atoms with Crippen LogP contribution < -0.4 is 5.32 Å². The van der Waals surface area contributed by atoms with Crippen molar-refractivity contribution >= 4 is 5.96 Å². The van der Waals surface area contributed by atoms with Crippen molar-refractivity contribution in [3.8, 4) is 0 Å². The highest BCUT2D eigenvalue weighted by molar-refractivity contribution is 5.82. The predicted octanol–water partition coefficient (Wildman–Crippen LogP) is 3.77. The predicted molar refractivity (Wildman–Crippen MR) is 91.9 cm³/mol. The lowest BCUT2D eigenvalue weighted by atomic mass is 10.1. The summed E-state index contributed by atoms with van der Waals surface area (Å²) in [6.45, 7) is 6.26. The number of benzene rings is 2. The Kier molecular flexibility index (Phi) is 4.42. The molecular weight excluding hydrogens is 270 g/mol. The van der Waals surface area contributed by atoms with Gasteiger partial charge in [-0.3, -0.25) is 4.99 Å². The van der Waals surface area contributed by atoms with Crippen LogP contribution in [0.25, 0.3) is 0 Å². The molecule has 0 bridgehead atoms. The first-order valence-corrected chi connectivity index (χ1v) is 7.93. The molecule has 0 saturated heterocycles. The van der Waals surface area contributed by atoms with Crippen molar-refractivity contribution < 1.29 is 0 Å².